The number of nitrogens with one attached hydrogen (secondary N) is 2. The first-order valence-corrected chi connectivity index (χ1v) is 6.84. The van der Waals surface area contributed by atoms with Gasteiger partial charge in [0.05, 0.1) is 11.8 Å². The lowest BCUT2D eigenvalue weighted by Crippen LogP contribution is -2.37. The lowest BCUT2D eigenvalue weighted by molar-refractivity contribution is 0.0934. The zero-order chi connectivity index (χ0) is 14.6. The fourth-order valence-electron chi connectivity index (χ4n) is 2.51. The molecule has 0 unspecified atom stereocenters. The van der Waals surface area contributed by atoms with Gasteiger partial charge in [0.15, 0.2) is 0 Å². The van der Waals surface area contributed by atoms with Crippen LogP contribution in [0.1, 0.15) is 43.1 Å². The van der Waals surface area contributed by atoms with Crippen LogP contribution in [0.2, 0.25) is 0 Å². The van der Waals surface area contributed by atoms with Gasteiger partial charge in [0.25, 0.3) is 5.91 Å². The van der Waals surface area contributed by atoms with Crippen molar-refractivity contribution in [3.05, 3.63) is 53.9 Å². The molecular formula is C16H21N3O. The smallest absolute Gasteiger partial charge is 0.254 e. The second-order valence-electron chi connectivity index (χ2n) is 5.82. The summed E-state index contributed by atoms with van der Waals surface area (Å²) in [5, 5.41) is 9.44. The third-order valence-corrected chi connectivity index (χ3v) is 3.51. The minimum atomic E-state index is -0.0879. The highest BCUT2D eigenvalue weighted by Crippen LogP contribution is 2.28. The van der Waals surface area contributed by atoms with Crippen molar-refractivity contribution in [2.75, 3.05) is 0 Å². The Bertz CT molecular complexity index is 546. The molecule has 0 aliphatic rings. The summed E-state index contributed by atoms with van der Waals surface area (Å²) in [6, 6.07) is 10.5. The van der Waals surface area contributed by atoms with Gasteiger partial charge in [-0.15, -0.1) is 0 Å². The third kappa shape index (κ3) is 3.47. The van der Waals surface area contributed by atoms with Crippen LogP contribution in [0.4, 0.5) is 0 Å². The van der Waals surface area contributed by atoms with Crippen LogP contribution in [0.5, 0.6) is 0 Å². The van der Waals surface area contributed by atoms with Crippen molar-refractivity contribution in [1.29, 1.82) is 0 Å². The molecule has 20 heavy (non-hydrogen) atoms. The number of hydrogen-bond acceptors (Lipinski definition) is 2. The number of benzene rings is 1. The zero-order valence-electron chi connectivity index (χ0n) is 12.2. The largest absolute Gasteiger partial charge is 0.349 e. The maximum absolute atomic E-state index is 12.0. The molecule has 0 aliphatic carbocycles. The van der Waals surface area contributed by atoms with Crippen molar-refractivity contribution in [1.82, 2.24) is 15.5 Å². The molecule has 0 bridgehead atoms. The van der Waals surface area contributed by atoms with E-state index in [0.29, 0.717) is 5.56 Å². The summed E-state index contributed by atoms with van der Waals surface area (Å²) >= 11 is 0. The van der Waals surface area contributed by atoms with Gasteiger partial charge in [-0.25, -0.2) is 0 Å². The highest BCUT2D eigenvalue weighted by molar-refractivity contribution is 5.93. The molecule has 0 spiro atoms. The van der Waals surface area contributed by atoms with Gasteiger partial charge in [0.1, 0.15) is 0 Å². The molecule has 0 radical (unpaired) electrons. The van der Waals surface area contributed by atoms with Crippen LogP contribution in [0, 0.1) is 0 Å². The van der Waals surface area contributed by atoms with Crippen LogP contribution >= 0.6 is 0 Å². The molecule has 0 saturated heterocycles. The molecule has 0 fully saturated rings. The van der Waals surface area contributed by atoms with Crippen molar-refractivity contribution < 1.29 is 4.79 Å². The Balaban J connectivity index is 1.97. The minimum Gasteiger partial charge on any atom is -0.349 e. The fraction of sp³-hybridized carbons (Fsp3) is 0.375. The summed E-state index contributed by atoms with van der Waals surface area (Å²) in [6.07, 6.45) is 4.01. The zero-order valence-corrected chi connectivity index (χ0v) is 12.2. The van der Waals surface area contributed by atoms with Gasteiger partial charge in [0, 0.05) is 12.2 Å². The van der Waals surface area contributed by atoms with Crippen LogP contribution < -0.4 is 5.32 Å². The quantitative estimate of drug-likeness (QED) is 0.878. The minimum absolute atomic E-state index is 0.0182. The normalized spacial score (nSPS) is 12.9. The van der Waals surface area contributed by atoms with E-state index in [1.165, 1.54) is 11.8 Å². The highest BCUT2D eigenvalue weighted by atomic mass is 16.1. The van der Waals surface area contributed by atoms with Crippen molar-refractivity contribution >= 4 is 5.91 Å². The van der Waals surface area contributed by atoms with Gasteiger partial charge in [0.2, 0.25) is 0 Å². The monoisotopic (exact) mass is 271 g/mol. The molecule has 0 saturated carbocycles. The number of rotatable bonds is 5. The second kappa shape index (κ2) is 5.90. The summed E-state index contributed by atoms with van der Waals surface area (Å²) in [7, 11) is 0. The van der Waals surface area contributed by atoms with Gasteiger partial charge >= 0.3 is 0 Å². The van der Waals surface area contributed by atoms with Crippen LogP contribution in [0.25, 0.3) is 0 Å². The van der Waals surface area contributed by atoms with Gasteiger partial charge in [-0.2, -0.15) is 5.10 Å². The lowest BCUT2D eigenvalue weighted by Gasteiger charge is -2.29. The first-order valence-electron chi connectivity index (χ1n) is 6.84. The molecular weight excluding hydrogens is 250 g/mol. The average molecular weight is 271 g/mol. The Labute approximate surface area is 119 Å². The van der Waals surface area contributed by atoms with Crippen molar-refractivity contribution in [3.8, 4) is 0 Å². The summed E-state index contributed by atoms with van der Waals surface area (Å²) in [4.78, 5) is 12.0. The van der Waals surface area contributed by atoms with E-state index in [1.54, 1.807) is 6.20 Å². The van der Waals surface area contributed by atoms with Crippen LogP contribution in [0.3, 0.4) is 0 Å². The number of amides is 1. The third-order valence-electron chi connectivity index (χ3n) is 3.51. The standard InChI is InChI=1S/C16H21N3O/c1-12(19-15(20)13-10-17-18-11-13)9-16(2,3)14-7-5-4-6-8-14/h4-8,10-12H,9H2,1-3H3,(H,17,18)(H,19,20)/t12-/m0/s1. The maximum Gasteiger partial charge on any atom is 0.254 e. The van der Waals surface area contributed by atoms with Crippen molar-refractivity contribution in [3.63, 3.8) is 0 Å². The summed E-state index contributed by atoms with van der Waals surface area (Å²) in [5.74, 6) is -0.0879. The molecule has 1 aromatic carbocycles. The van der Waals surface area contributed by atoms with Gasteiger partial charge < -0.3 is 5.32 Å². The van der Waals surface area contributed by atoms with Crippen LogP contribution in [0.15, 0.2) is 42.7 Å². The molecule has 1 aromatic heterocycles. The van der Waals surface area contributed by atoms with Crippen LogP contribution in [-0.4, -0.2) is 22.1 Å². The Kier molecular flexibility index (Phi) is 4.23. The first kappa shape index (κ1) is 14.3. The Morgan fingerprint density at radius 3 is 2.65 bits per heavy atom. The maximum atomic E-state index is 12.0. The first-order chi connectivity index (χ1) is 9.49. The van der Waals surface area contributed by atoms with Gasteiger partial charge in [-0.05, 0) is 24.3 Å². The Morgan fingerprint density at radius 2 is 2.05 bits per heavy atom. The summed E-state index contributed by atoms with van der Waals surface area (Å²) in [5.41, 5.74) is 1.86. The number of carbonyl (C=O) groups excluding carboxylic acids is 1. The van der Waals surface area contributed by atoms with E-state index in [1.807, 2.05) is 25.1 Å². The number of nitrogens with zero attached hydrogens (tertiary/aromatic N) is 1. The Hall–Kier alpha value is -2.10. The lowest BCUT2D eigenvalue weighted by atomic mass is 9.79. The average Bonchev–Trinajstić information content (AvgIpc) is 2.93. The molecule has 1 amide bonds. The predicted octanol–water partition coefficient (Wildman–Crippen LogP) is 2.90. The predicted molar refractivity (Wildman–Crippen MR) is 79.6 cm³/mol. The summed E-state index contributed by atoms with van der Waals surface area (Å²) in [6.45, 7) is 6.42. The molecule has 1 heterocycles. The fourth-order valence-corrected chi connectivity index (χ4v) is 2.51. The van der Waals surface area contributed by atoms with E-state index in [-0.39, 0.29) is 17.4 Å². The number of aromatic amines is 1. The van der Waals surface area contributed by atoms with E-state index in [4.69, 9.17) is 0 Å². The second-order valence-corrected chi connectivity index (χ2v) is 5.82. The molecule has 0 aliphatic heterocycles. The van der Waals surface area contributed by atoms with E-state index in [0.717, 1.165) is 6.42 Å². The SMILES string of the molecule is C[C@@H](CC(C)(C)c1ccccc1)NC(=O)c1cn[nH]c1. The van der Waals surface area contributed by atoms with E-state index < -0.39 is 0 Å². The molecule has 4 heteroatoms. The molecule has 106 valence electrons. The Morgan fingerprint density at radius 1 is 1.35 bits per heavy atom. The highest BCUT2D eigenvalue weighted by Gasteiger charge is 2.24. The molecule has 2 aromatic rings. The molecule has 2 N–H and O–H groups in total. The molecule has 2 rings (SSSR count). The van der Waals surface area contributed by atoms with Gasteiger partial charge in [-0.1, -0.05) is 44.2 Å². The summed E-state index contributed by atoms with van der Waals surface area (Å²) < 4.78 is 0. The number of aromatic nitrogens is 2. The van der Waals surface area contributed by atoms with E-state index >= 15 is 0 Å². The molecule has 4 nitrogen and oxygen atoms in total. The number of carbonyl (C=O) groups is 1. The van der Waals surface area contributed by atoms with E-state index in [2.05, 4.69) is 41.5 Å². The van der Waals surface area contributed by atoms with Crippen molar-refractivity contribution in [2.45, 2.75) is 38.6 Å². The number of H-pyrrole nitrogens is 1. The van der Waals surface area contributed by atoms with E-state index in [9.17, 15) is 4.79 Å². The van der Waals surface area contributed by atoms with Crippen LogP contribution in [-0.2, 0) is 5.41 Å². The molecule has 1 atom stereocenters. The van der Waals surface area contributed by atoms with Gasteiger partial charge in [-0.3, -0.25) is 9.89 Å². The topological polar surface area (TPSA) is 57.8 Å². The van der Waals surface area contributed by atoms with Crippen molar-refractivity contribution in [2.24, 2.45) is 0 Å². The number of hydrogen-bond donors (Lipinski definition) is 2.